The molecule has 0 fully saturated rings. The van der Waals surface area contributed by atoms with Crippen LogP contribution in [0.5, 0.6) is 0 Å². The van der Waals surface area contributed by atoms with Gasteiger partial charge >= 0.3 is 5.97 Å². The first-order chi connectivity index (χ1) is 8.30. The topological polar surface area (TPSA) is 49.3 Å². The van der Waals surface area contributed by atoms with Gasteiger partial charge < -0.3 is 10.4 Å². The molecule has 0 unspecified atom stereocenters. The van der Waals surface area contributed by atoms with Gasteiger partial charge in [0.15, 0.2) is 0 Å². The van der Waals surface area contributed by atoms with Crippen molar-refractivity contribution in [1.82, 2.24) is 5.32 Å². The molecule has 0 atom stereocenters. The van der Waals surface area contributed by atoms with Crippen molar-refractivity contribution >= 4 is 5.97 Å². The summed E-state index contributed by atoms with van der Waals surface area (Å²) in [7, 11) is 0. The SMILES string of the molecule is Cc1ccc(C(C)(C)C)cc1CCNCC(=O)O. The normalized spacial score (nSPS) is 11.6. The molecule has 0 amide bonds. The van der Waals surface area contributed by atoms with Crippen LogP contribution in [-0.2, 0) is 16.6 Å². The summed E-state index contributed by atoms with van der Waals surface area (Å²) >= 11 is 0. The van der Waals surface area contributed by atoms with Crippen LogP contribution in [0.3, 0.4) is 0 Å². The van der Waals surface area contributed by atoms with E-state index in [-0.39, 0.29) is 12.0 Å². The fraction of sp³-hybridized carbons (Fsp3) is 0.533. The van der Waals surface area contributed by atoms with Gasteiger partial charge in [-0.15, -0.1) is 0 Å². The van der Waals surface area contributed by atoms with Crippen LogP contribution in [0.1, 0.15) is 37.5 Å². The first kappa shape index (κ1) is 14.7. The summed E-state index contributed by atoms with van der Waals surface area (Å²) in [5.74, 6) is -0.810. The molecule has 2 N–H and O–H groups in total. The minimum Gasteiger partial charge on any atom is -0.480 e. The number of aliphatic carboxylic acids is 1. The van der Waals surface area contributed by atoms with Gasteiger partial charge in [0.25, 0.3) is 0 Å². The number of hydrogen-bond acceptors (Lipinski definition) is 2. The molecule has 0 saturated heterocycles. The molecular formula is C15H23NO2. The van der Waals surface area contributed by atoms with E-state index in [2.05, 4.69) is 51.2 Å². The van der Waals surface area contributed by atoms with Crippen LogP contribution in [0.2, 0.25) is 0 Å². The van der Waals surface area contributed by atoms with E-state index in [1.165, 1.54) is 16.7 Å². The summed E-state index contributed by atoms with van der Waals surface area (Å²) in [5, 5.41) is 11.5. The standard InChI is InChI=1S/C15H23NO2/c1-11-5-6-13(15(2,3)4)9-12(11)7-8-16-10-14(17)18/h5-6,9,16H,7-8,10H2,1-4H3,(H,17,18). The summed E-state index contributed by atoms with van der Waals surface area (Å²) in [6, 6.07) is 6.55. The zero-order chi connectivity index (χ0) is 13.8. The smallest absolute Gasteiger partial charge is 0.317 e. The van der Waals surface area contributed by atoms with Crippen LogP contribution in [-0.4, -0.2) is 24.2 Å². The fourth-order valence-electron chi connectivity index (χ4n) is 1.83. The lowest BCUT2D eigenvalue weighted by molar-refractivity contribution is -0.135. The van der Waals surface area contributed by atoms with Gasteiger partial charge in [0.1, 0.15) is 0 Å². The molecule has 0 spiro atoms. The lowest BCUT2D eigenvalue weighted by Gasteiger charge is -2.21. The number of hydrogen-bond donors (Lipinski definition) is 2. The molecule has 0 heterocycles. The molecule has 0 aliphatic carbocycles. The van der Waals surface area contributed by atoms with E-state index in [4.69, 9.17) is 5.11 Å². The molecule has 3 nitrogen and oxygen atoms in total. The second-order valence-electron chi connectivity index (χ2n) is 5.71. The predicted molar refractivity (Wildman–Crippen MR) is 74.1 cm³/mol. The summed E-state index contributed by atoms with van der Waals surface area (Å²) < 4.78 is 0. The van der Waals surface area contributed by atoms with Crippen LogP contribution in [0.25, 0.3) is 0 Å². The number of benzene rings is 1. The van der Waals surface area contributed by atoms with Crippen molar-refractivity contribution in [2.24, 2.45) is 0 Å². The van der Waals surface area contributed by atoms with Gasteiger partial charge in [-0.25, -0.2) is 0 Å². The highest BCUT2D eigenvalue weighted by Gasteiger charge is 2.14. The Hall–Kier alpha value is -1.35. The molecule has 1 rings (SSSR count). The second kappa shape index (κ2) is 6.01. The van der Waals surface area contributed by atoms with Gasteiger partial charge in [-0.2, -0.15) is 0 Å². The minimum atomic E-state index is -0.810. The van der Waals surface area contributed by atoms with Crippen molar-refractivity contribution < 1.29 is 9.90 Å². The highest BCUT2D eigenvalue weighted by atomic mass is 16.4. The molecule has 18 heavy (non-hydrogen) atoms. The van der Waals surface area contributed by atoms with Gasteiger partial charge in [0, 0.05) is 0 Å². The minimum absolute atomic E-state index is 0.0258. The van der Waals surface area contributed by atoms with Crippen LogP contribution in [0.15, 0.2) is 18.2 Å². The molecule has 100 valence electrons. The van der Waals surface area contributed by atoms with Crippen molar-refractivity contribution in [3.63, 3.8) is 0 Å². The van der Waals surface area contributed by atoms with Crippen molar-refractivity contribution in [2.75, 3.05) is 13.1 Å². The van der Waals surface area contributed by atoms with Crippen LogP contribution >= 0.6 is 0 Å². The Labute approximate surface area is 109 Å². The number of carboxylic acids is 1. The van der Waals surface area contributed by atoms with Crippen molar-refractivity contribution in [2.45, 2.75) is 39.5 Å². The third-order valence-electron chi connectivity index (χ3n) is 3.06. The molecule has 1 aromatic rings. The third-order valence-corrected chi connectivity index (χ3v) is 3.06. The Morgan fingerprint density at radius 1 is 1.33 bits per heavy atom. The molecule has 0 aliphatic heterocycles. The van der Waals surface area contributed by atoms with E-state index in [0.29, 0.717) is 6.54 Å². The predicted octanol–water partition coefficient (Wildman–Crippen LogP) is 2.51. The quantitative estimate of drug-likeness (QED) is 0.788. The van der Waals surface area contributed by atoms with E-state index < -0.39 is 5.97 Å². The third kappa shape index (κ3) is 4.49. The summed E-state index contributed by atoms with van der Waals surface area (Å²) in [4.78, 5) is 10.4. The molecule has 0 aromatic heterocycles. The van der Waals surface area contributed by atoms with Gasteiger partial charge in [0.2, 0.25) is 0 Å². The maximum atomic E-state index is 10.4. The Bertz CT molecular complexity index is 419. The Morgan fingerprint density at radius 2 is 2.00 bits per heavy atom. The average Bonchev–Trinajstić information content (AvgIpc) is 2.24. The van der Waals surface area contributed by atoms with Crippen LogP contribution < -0.4 is 5.32 Å². The average molecular weight is 249 g/mol. The zero-order valence-corrected chi connectivity index (χ0v) is 11.7. The fourth-order valence-corrected chi connectivity index (χ4v) is 1.83. The highest BCUT2D eigenvalue weighted by Crippen LogP contribution is 2.24. The Morgan fingerprint density at radius 3 is 2.56 bits per heavy atom. The first-order valence-corrected chi connectivity index (χ1v) is 6.33. The van der Waals surface area contributed by atoms with Gasteiger partial charge in [-0.05, 0) is 42.0 Å². The van der Waals surface area contributed by atoms with E-state index in [1.54, 1.807) is 0 Å². The lowest BCUT2D eigenvalue weighted by atomic mass is 9.85. The van der Waals surface area contributed by atoms with Crippen LogP contribution in [0.4, 0.5) is 0 Å². The second-order valence-corrected chi connectivity index (χ2v) is 5.71. The number of carbonyl (C=O) groups is 1. The van der Waals surface area contributed by atoms with E-state index in [1.807, 2.05) is 0 Å². The van der Waals surface area contributed by atoms with E-state index >= 15 is 0 Å². The Kier molecular flexibility index (Phi) is 4.91. The first-order valence-electron chi connectivity index (χ1n) is 6.33. The highest BCUT2D eigenvalue weighted by molar-refractivity contribution is 5.68. The van der Waals surface area contributed by atoms with Crippen molar-refractivity contribution in [1.29, 1.82) is 0 Å². The van der Waals surface area contributed by atoms with E-state index in [9.17, 15) is 4.79 Å². The molecule has 0 saturated carbocycles. The number of rotatable bonds is 5. The largest absolute Gasteiger partial charge is 0.480 e. The Balaban J connectivity index is 2.67. The van der Waals surface area contributed by atoms with E-state index in [0.717, 1.165) is 6.42 Å². The van der Waals surface area contributed by atoms with Gasteiger partial charge in [-0.1, -0.05) is 39.0 Å². The van der Waals surface area contributed by atoms with Crippen molar-refractivity contribution in [3.8, 4) is 0 Å². The van der Waals surface area contributed by atoms with Crippen molar-refractivity contribution in [3.05, 3.63) is 34.9 Å². The van der Waals surface area contributed by atoms with Crippen LogP contribution in [0, 0.1) is 6.92 Å². The molecular weight excluding hydrogens is 226 g/mol. The summed E-state index contributed by atoms with van der Waals surface area (Å²) in [5.41, 5.74) is 4.03. The van der Waals surface area contributed by atoms with Gasteiger partial charge in [0.05, 0.1) is 6.54 Å². The van der Waals surface area contributed by atoms with Gasteiger partial charge in [-0.3, -0.25) is 4.79 Å². The molecule has 1 aromatic carbocycles. The molecule has 3 heteroatoms. The monoisotopic (exact) mass is 249 g/mol. The maximum Gasteiger partial charge on any atom is 0.317 e. The molecule has 0 aliphatic rings. The lowest BCUT2D eigenvalue weighted by Crippen LogP contribution is -2.24. The maximum absolute atomic E-state index is 10.4. The molecule has 0 radical (unpaired) electrons. The summed E-state index contributed by atoms with van der Waals surface area (Å²) in [6.45, 7) is 9.41. The summed E-state index contributed by atoms with van der Waals surface area (Å²) in [6.07, 6.45) is 0.864. The number of aryl methyl sites for hydroxylation is 1. The number of nitrogens with one attached hydrogen (secondary N) is 1. The number of carboxylic acid groups (broad SMARTS) is 1. The molecule has 0 bridgehead atoms. The zero-order valence-electron chi connectivity index (χ0n) is 11.7.